The van der Waals surface area contributed by atoms with Gasteiger partial charge in [-0.15, -0.1) is 8.78 Å². The second-order valence-electron chi connectivity index (χ2n) is 10.8. The van der Waals surface area contributed by atoms with Gasteiger partial charge in [0, 0.05) is 22.2 Å². The highest BCUT2D eigenvalue weighted by Gasteiger charge is 2.52. The van der Waals surface area contributed by atoms with Gasteiger partial charge in [-0.2, -0.15) is 0 Å². The smallest absolute Gasteiger partial charge is 0.395 e. The Morgan fingerprint density at radius 1 is 1.14 bits per heavy atom. The van der Waals surface area contributed by atoms with Crippen molar-refractivity contribution < 1.29 is 33.3 Å². The maximum Gasteiger partial charge on any atom is 0.586 e. The van der Waals surface area contributed by atoms with E-state index in [2.05, 4.69) is 35.6 Å². The average Bonchev–Trinajstić information content (AvgIpc) is 3.41. The Morgan fingerprint density at radius 3 is 2.47 bits per heavy atom. The van der Waals surface area contributed by atoms with E-state index in [1.165, 1.54) is 12.1 Å². The first-order chi connectivity index (χ1) is 16.8. The predicted molar refractivity (Wildman–Crippen MR) is 131 cm³/mol. The van der Waals surface area contributed by atoms with E-state index < -0.39 is 17.8 Å². The van der Waals surface area contributed by atoms with Crippen LogP contribution in [-0.2, 0) is 22.2 Å². The molecule has 1 amide bonds. The van der Waals surface area contributed by atoms with Gasteiger partial charge in [0.2, 0.25) is 5.91 Å². The maximum atomic E-state index is 13.4. The maximum absolute atomic E-state index is 13.4. The Balaban J connectivity index is 1.45. The van der Waals surface area contributed by atoms with Crippen molar-refractivity contribution in [3.8, 4) is 11.5 Å². The number of halogens is 2. The molecule has 1 fully saturated rings. The number of carbonyl (C=O) groups excluding carboxylic acids is 1. The normalized spacial score (nSPS) is 18.3. The largest absolute Gasteiger partial charge is 0.586 e. The van der Waals surface area contributed by atoms with E-state index in [1.54, 1.807) is 6.07 Å². The number of hydrogen-bond donors (Lipinski definition) is 3. The molecule has 0 saturated heterocycles. The van der Waals surface area contributed by atoms with Crippen LogP contribution >= 0.6 is 0 Å². The van der Waals surface area contributed by atoms with Gasteiger partial charge in [-0.05, 0) is 61.2 Å². The molecular weight excluding hydrogens is 470 g/mol. The van der Waals surface area contributed by atoms with Gasteiger partial charge >= 0.3 is 6.29 Å². The number of nitrogens with zero attached hydrogens (tertiary/aromatic N) is 1. The number of benzene rings is 2. The minimum absolute atomic E-state index is 0.0495. The van der Waals surface area contributed by atoms with E-state index >= 15 is 0 Å². The highest BCUT2D eigenvalue weighted by atomic mass is 19.3. The quantitative estimate of drug-likeness (QED) is 0.460. The summed E-state index contributed by atoms with van der Waals surface area (Å²) >= 11 is 0. The first kappa shape index (κ1) is 24.5. The SMILES string of the molecule is Cc1cc(NC(=O)C2(c3ccc4c(c3)OC(F)(F)O4)CC2)cc2cc(C(C)(C)C)n(C[C@H](O)CO)c12. The van der Waals surface area contributed by atoms with Crippen LogP contribution in [0, 0.1) is 6.92 Å². The summed E-state index contributed by atoms with van der Waals surface area (Å²) in [5.74, 6) is -0.334. The van der Waals surface area contributed by atoms with Crippen LogP contribution < -0.4 is 14.8 Å². The summed E-state index contributed by atoms with van der Waals surface area (Å²) in [4.78, 5) is 13.4. The molecule has 1 aliphatic heterocycles. The van der Waals surface area contributed by atoms with Crippen molar-refractivity contribution in [1.82, 2.24) is 4.57 Å². The van der Waals surface area contributed by atoms with Gasteiger partial charge in [-0.1, -0.05) is 26.8 Å². The minimum atomic E-state index is -3.71. The molecule has 2 aromatic carbocycles. The molecule has 1 atom stereocenters. The molecule has 3 aromatic rings. The van der Waals surface area contributed by atoms with Gasteiger partial charge in [-0.25, -0.2) is 0 Å². The molecule has 2 aliphatic rings. The molecule has 7 nitrogen and oxygen atoms in total. The van der Waals surface area contributed by atoms with Gasteiger partial charge in [0.25, 0.3) is 0 Å². The molecule has 3 N–H and O–H groups in total. The summed E-state index contributed by atoms with van der Waals surface area (Å²) in [6.45, 7) is 8.11. The van der Waals surface area contributed by atoms with Crippen LogP contribution in [0.25, 0.3) is 10.9 Å². The molecule has 0 radical (unpaired) electrons. The number of amides is 1. The fraction of sp³-hybridized carbons (Fsp3) is 0.444. The number of aliphatic hydroxyl groups excluding tert-OH is 2. The number of carbonyl (C=O) groups is 1. The topological polar surface area (TPSA) is 93.0 Å². The van der Waals surface area contributed by atoms with Crippen molar-refractivity contribution in [1.29, 1.82) is 0 Å². The molecule has 36 heavy (non-hydrogen) atoms. The highest BCUT2D eigenvalue weighted by Crippen LogP contribution is 2.52. The Bertz CT molecular complexity index is 1350. The number of fused-ring (bicyclic) bond motifs is 2. The summed E-state index contributed by atoms with van der Waals surface area (Å²) in [5.41, 5.74) is 3.07. The van der Waals surface area contributed by atoms with Crippen molar-refractivity contribution >= 4 is 22.5 Å². The lowest BCUT2D eigenvalue weighted by molar-refractivity contribution is -0.286. The number of rotatable bonds is 6. The number of aromatic nitrogens is 1. The lowest BCUT2D eigenvalue weighted by atomic mass is 9.92. The number of aliphatic hydroxyl groups is 2. The van der Waals surface area contributed by atoms with E-state index in [9.17, 15) is 23.8 Å². The van der Waals surface area contributed by atoms with Crippen LogP contribution in [0.5, 0.6) is 11.5 Å². The Hall–Kier alpha value is -3.17. The van der Waals surface area contributed by atoms with E-state index in [0.29, 0.717) is 24.1 Å². The first-order valence-electron chi connectivity index (χ1n) is 12.0. The van der Waals surface area contributed by atoms with E-state index in [0.717, 1.165) is 22.2 Å². The molecule has 0 bridgehead atoms. The third kappa shape index (κ3) is 4.20. The van der Waals surface area contributed by atoms with Crippen molar-refractivity contribution in [2.75, 3.05) is 11.9 Å². The van der Waals surface area contributed by atoms with E-state index in [1.807, 2.05) is 29.7 Å². The summed E-state index contributed by atoms with van der Waals surface area (Å²) in [6, 6.07) is 10.3. The summed E-state index contributed by atoms with van der Waals surface area (Å²) in [5, 5.41) is 23.5. The Labute approximate surface area is 207 Å². The van der Waals surface area contributed by atoms with Gasteiger partial charge in [0.1, 0.15) is 0 Å². The zero-order chi connectivity index (χ0) is 26.0. The van der Waals surface area contributed by atoms with Crippen LogP contribution in [0.1, 0.15) is 50.4 Å². The van der Waals surface area contributed by atoms with Gasteiger partial charge < -0.3 is 29.6 Å². The predicted octanol–water partition coefficient (Wildman–Crippen LogP) is 4.59. The van der Waals surface area contributed by atoms with Crippen LogP contribution in [-0.4, -0.2) is 39.7 Å². The third-order valence-electron chi connectivity index (χ3n) is 6.95. The lowest BCUT2D eigenvalue weighted by Gasteiger charge is -2.24. The zero-order valence-electron chi connectivity index (χ0n) is 20.7. The Kier molecular flexibility index (Phi) is 5.57. The summed E-state index contributed by atoms with van der Waals surface area (Å²) in [6.07, 6.45) is -3.40. The second kappa shape index (κ2) is 8.18. The molecule has 0 unspecified atom stereocenters. The molecule has 1 aliphatic carbocycles. The fourth-order valence-electron chi connectivity index (χ4n) is 5.05. The van der Waals surface area contributed by atoms with Gasteiger partial charge in [0.15, 0.2) is 11.5 Å². The molecule has 2 heterocycles. The monoisotopic (exact) mass is 500 g/mol. The molecule has 1 saturated carbocycles. The second-order valence-corrected chi connectivity index (χ2v) is 10.8. The summed E-state index contributed by atoms with van der Waals surface area (Å²) < 4.78 is 37.9. The van der Waals surface area contributed by atoms with E-state index in [-0.39, 0.29) is 36.0 Å². The van der Waals surface area contributed by atoms with Crippen LogP contribution in [0.4, 0.5) is 14.5 Å². The van der Waals surface area contributed by atoms with Gasteiger partial charge in [0.05, 0.1) is 30.2 Å². The summed E-state index contributed by atoms with van der Waals surface area (Å²) in [7, 11) is 0. The number of alkyl halides is 2. The fourth-order valence-corrected chi connectivity index (χ4v) is 5.05. The van der Waals surface area contributed by atoms with Crippen molar-refractivity contribution in [3.05, 3.63) is 53.2 Å². The lowest BCUT2D eigenvalue weighted by Crippen LogP contribution is -2.28. The molecule has 9 heteroatoms. The van der Waals surface area contributed by atoms with Crippen LogP contribution in [0.15, 0.2) is 36.4 Å². The number of hydrogen-bond acceptors (Lipinski definition) is 5. The van der Waals surface area contributed by atoms with E-state index in [4.69, 9.17) is 0 Å². The zero-order valence-corrected chi connectivity index (χ0v) is 20.7. The van der Waals surface area contributed by atoms with Gasteiger partial charge in [-0.3, -0.25) is 4.79 Å². The molecule has 0 spiro atoms. The van der Waals surface area contributed by atoms with Crippen molar-refractivity contribution in [3.63, 3.8) is 0 Å². The standard InChI is InChI=1S/C27H30F2N2O5/c1-15-9-18(10-16-11-22(25(2,3)4)31(23(15)16)13-19(33)14-32)30-24(34)26(7-8-26)17-5-6-20-21(12-17)36-27(28,29)35-20/h5-6,9-12,19,32-33H,7-8,13-14H2,1-4H3,(H,30,34)/t19-/m0/s1. The number of anilines is 1. The molecule has 1 aromatic heterocycles. The number of ether oxygens (including phenoxy) is 2. The Morgan fingerprint density at radius 2 is 1.83 bits per heavy atom. The third-order valence-corrected chi connectivity index (χ3v) is 6.95. The molecular formula is C27H30F2N2O5. The first-order valence-corrected chi connectivity index (χ1v) is 12.0. The molecule has 5 rings (SSSR count). The van der Waals surface area contributed by atoms with Crippen molar-refractivity contribution in [2.45, 2.75) is 70.3 Å². The highest BCUT2D eigenvalue weighted by molar-refractivity contribution is 6.03. The minimum Gasteiger partial charge on any atom is -0.395 e. The number of nitrogens with one attached hydrogen (secondary N) is 1. The van der Waals surface area contributed by atoms with Crippen molar-refractivity contribution in [2.24, 2.45) is 0 Å². The molecule has 192 valence electrons. The van der Waals surface area contributed by atoms with Crippen LogP contribution in [0.2, 0.25) is 0 Å². The van der Waals surface area contributed by atoms with Crippen LogP contribution in [0.3, 0.4) is 0 Å². The number of aryl methyl sites for hydroxylation is 1. The average molecular weight is 501 g/mol.